The van der Waals surface area contributed by atoms with Crippen LogP contribution in [0.15, 0.2) is 52.5 Å². The average Bonchev–Trinajstić information content (AvgIpc) is 3.51. The molecule has 5 rings (SSSR count). The predicted octanol–water partition coefficient (Wildman–Crippen LogP) is 3.71. The first-order valence-electron chi connectivity index (χ1n) is 11.7. The standard InChI is InChI=1S/C24H27F3N6OS/c1-32-22(16-7-9-28-19(34)13-16)30-31-23(32)35-12-2-11-33-14-17-8-10-29-20(17)21(33)15-3-5-18(6-4-15)24(25,26)27/h3-7,9,13,17,20-21,29H,2,8,10-12,14H2,1H3,(H,28,34)/t17-,20-,21?/m0/s1. The molecule has 4 heterocycles. The first kappa shape index (κ1) is 24.1. The van der Waals surface area contributed by atoms with Gasteiger partial charge in [-0.25, -0.2) is 0 Å². The van der Waals surface area contributed by atoms with Gasteiger partial charge in [0.1, 0.15) is 0 Å². The third-order valence-electron chi connectivity index (χ3n) is 6.87. The monoisotopic (exact) mass is 504 g/mol. The number of halogens is 3. The topological polar surface area (TPSA) is 78.8 Å². The number of hydrogen-bond acceptors (Lipinski definition) is 6. The Hall–Kier alpha value is -2.63. The van der Waals surface area contributed by atoms with Crippen molar-refractivity contribution in [2.75, 3.05) is 25.4 Å². The summed E-state index contributed by atoms with van der Waals surface area (Å²) in [5, 5.41) is 12.9. The zero-order valence-corrected chi connectivity index (χ0v) is 20.1. The molecule has 0 aliphatic carbocycles. The van der Waals surface area contributed by atoms with E-state index in [1.807, 2.05) is 11.6 Å². The van der Waals surface area contributed by atoms with Crippen molar-refractivity contribution in [1.82, 2.24) is 30.0 Å². The lowest BCUT2D eigenvalue weighted by molar-refractivity contribution is -0.137. The molecule has 0 bridgehead atoms. The van der Waals surface area contributed by atoms with E-state index >= 15 is 0 Å². The van der Waals surface area contributed by atoms with Crippen LogP contribution in [-0.4, -0.2) is 56.1 Å². The number of thioether (sulfide) groups is 1. The van der Waals surface area contributed by atoms with Crippen LogP contribution in [0.25, 0.3) is 11.4 Å². The molecule has 2 N–H and O–H groups in total. The van der Waals surface area contributed by atoms with E-state index in [1.165, 1.54) is 18.2 Å². The Labute approximate surface area is 205 Å². The fourth-order valence-electron chi connectivity index (χ4n) is 5.22. The molecule has 2 aliphatic heterocycles. The Morgan fingerprint density at radius 2 is 1.97 bits per heavy atom. The molecule has 186 valence electrons. The Balaban J connectivity index is 1.22. The highest BCUT2D eigenvalue weighted by Gasteiger charge is 2.44. The summed E-state index contributed by atoms with van der Waals surface area (Å²) in [6, 6.07) is 9.29. The number of nitrogens with zero attached hydrogens (tertiary/aromatic N) is 4. The van der Waals surface area contributed by atoms with Crippen molar-refractivity contribution in [1.29, 1.82) is 0 Å². The van der Waals surface area contributed by atoms with Gasteiger partial charge in [-0.1, -0.05) is 23.9 Å². The lowest BCUT2D eigenvalue weighted by Crippen LogP contribution is -2.35. The smallest absolute Gasteiger partial charge is 0.329 e. The maximum absolute atomic E-state index is 13.0. The second-order valence-electron chi connectivity index (χ2n) is 9.10. The van der Waals surface area contributed by atoms with E-state index in [-0.39, 0.29) is 17.6 Å². The van der Waals surface area contributed by atoms with E-state index in [1.54, 1.807) is 36.2 Å². The van der Waals surface area contributed by atoms with Crippen molar-refractivity contribution in [3.8, 4) is 11.4 Å². The summed E-state index contributed by atoms with van der Waals surface area (Å²) in [7, 11) is 1.88. The molecule has 1 unspecified atom stereocenters. The summed E-state index contributed by atoms with van der Waals surface area (Å²) in [5.41, 5.74) is 0.850. The van der Waals surface area contributed by atoms with Gasteiger partial charge in [0.2, 0.25) is 5.56 Å². The number of nitrogens with one attached hydrogen (secondary N) is 2. The highest BCUT2D eigenvalue weighted by atomic mass is 32.2. The summed E-state index contributed by atoms with van der Waals surface area (Å²) >= 11 is 1.61. The van der Waals surface area contributed by atoms with Crippen molar-refractivity contribution in [2.24, 2.45) is 13.0 Å². The van der Waals surface area contributed by atoms with Gasteiger partial charge >= 0.3 is 6.18 Å². The number of aromatic nitrogens is 4. The molecule has 7 nitrogen and oxygen atoms in total. The first-order chi connectivity index (χ1) is 16.8. The van der Waals surface area contributed by atoms with Gasteiger partial charge < -0.3 is 14.9 Å². The molecule has 2 aliphatic rings. The van der Waals surface area contributed by atoms with Gasteiger partial charge in [0, 0.05) is 43.2 Å². The van der Waals surface area contributed by atoms with Gasteiger partial charge in [-0.05, 0) is 55.6 Å². The largest absolute Gasteiger partial charge is 0.416 e. The third kappa shape index (κ3) is 5.03. The van der Waals surface area contributed by atoms with Crippen LogP contribution in [0.4, 0.5) is 13.2 Å². The molecule has 35 heavy (non-hydrogen) atoms. The van der Waals surface area contributed by atoms with E-state index in [0.29, 0.717) is 17.3 Å². The number of pyridine rings is 1. The van der Waals surface area contributed by atoms with E-state index in [0.717, 1.165) is 48.9 Å². The highest BCUT2D eigenvalue weighted by Crippen LogP contribution is 2.41. The average molecular weight is 505 g/mol. The maximum Gasteiger partial charge on any atom is 0.416 e. The van der Waals surface area contributed by atoms with Crippen molar-refractivity contribution < 1.29 is 13.2 Å². The number of likely N-dealkylation sites (tertiary alicyclic amines) is 1. The molecule has 0 spiro atoms. The molecular weight excluding hydrogens is 477 g/mol. The number of alkyl halides is 3. The van der Waals surface area contributed by atoms with Crippen molar-refractivity contribution >= 4 is 11.8 Å². The Morgan fingerprint density at radius 1 is 1.17 bits per heavy atom. The summed E-state index contributed by atoms with van der Waals surface area (Å²) in [4.78, 5) is 16.6. The molecule has 11 heteroatoms. The molecule has 1 aromatic carbocycles. The summed E-state index contributed by atoms with van der Waals surface area (Å²) in [5.74, 6) is 1.99. The van der Waals surface area contributed by atoms with Crippen LogP contribution in [0.3, 0.4) is 0 Å². The van der Waals surface area contributed by atoms with Crippen molar-refractivity contribution in [3.05, 3.63) is 64.1 Å². The minimum absolute atomic E-state index is 0.0763. The molecule has 3 atom stereocenters. The number of H-pyrrole nitrogens is 1. The molecule has 3 aromatic rings. The van der Waals surface area contributed by atoms with E-state index in [2.05, 4.69) is 25.4 Å². The molecule has 0 saturated carbocycles. The lowest BCUT2D eigenvalue weighted by Gasteiger charge is -2.28. The number of hydrogen-bond donors (Lipinski definition) is 2. The summed E-state index contributed by atoms with van der Waals surface area (Å²) in [6.07, 6.45) is -0.729. The SMILES string of the molecule is Cn1c(SCCCN2C[C@@H]3CCN[C@@H]3C2c2ccc(C(F)(F)F)cc2)nnc1-c1cc[nH]c(=O)c1. The fraction of sp³-hybridized carbons (Fsp3) is 0.458. The number of aromatic amines is 1. The predicted molar refractivity (Wildman–Crippen MR) is 128 cm³/mol. The fourth-order valence-corrected chi connectivity index (χ4v) is 6.06. The Bertz CT molecular complexity index is 1220. The van der Waals surface area contributed by atoms with Crippen molar-refractivity contribution in [3.63, 3.8) is 0 Å². The first-order valence-corrected chi connectivity index (χ1v) is 12.7. The van der Waals surface area contributed by atoms with Crippen LogP contribution in [0.5, 0.6) is 0 Å². The minimum atomic E-state index is -4.32. The minimum Gasteiger partial charge on any atom is -0.329 e. The maximum atomic E-state index is 13.0. The normalized spacial score (nSPS) is 22.6. The van der Waals surface area contributed by atoms with Gasteiger partial charge in [-0.2, -0.15) is 13.2 Å². The van der Waals surface area contributed by atoms with Crippen LogP contribution in [0.2, 0.25) is 0 Å². The van der Waals surface area contributed by atoms with Crippen LogP contribution in [-0.2, 0) is 13.2 Å². The summed E-state index contributed by atoms with van der Waals surface area (Å²) in [6.45, 7) is 2.76. The molecule has 2 aromatic heterocycles. The van der Waals surface area contributed by atoms with Gasteiger partial charge in [-0.15, -0.1) is 10.2 Å². The second-order valence-corrected chi connectivity index (χ2v) is 10.2. The lowest BCUT2D eigenvalue weighted by atomic mass is 9.94. The van der Waals surface area contributed by atoms with Gasteiger partial charge in [0.25, 0.3) is 0 Å². The molecule has 0 radical (unpaired) electrons. The van der Waals surface area contributed by atoms with E-state index in [4.69, 9.17) is 0 Å². The molecule has 2 saturated heterocycles. The third-order valence-corrected chi connectivity index (χ3v) is 7.98. The van der Waals surface area contributed by atoms with E-state index < -0.39 is 11.7 Å². The number of rotatable bonds is 7. The zero-order chi connectivity index (χ0) is 24.6. The van der Waals surface area contributed by atoms with Gasteiger partial charge in [-0.3, -0.25) is 9.69 Å². The van der Waals surface area contributed by atoms with E-state index in [9.17, 15) is 18.0 Å². The van der Waals surface area contributed by atoms with Crippen LogP contribution in [0.1, 0.15) is 30.0 Å². The number of fused-ring (bicyclic) bond motifs is 1. The summed E-state index contributed by atoms with van der Waals surface area (Å²) < 4.78 is 41.0. The van der Waals surface area contributed by atoms with Crippen LogP contribution < -0.4 is 10.9 Å². The Morgan fingerprint density at radius 3 is 2.71 bits per heavy atom. The van der Waals surface area contributed by atoms with Crippen LogP contribution >= 0.6 is 11.8 Å². The van der Waals surface area contributed by atoms with Crippen molar-refractivity contribution in [2.45, 2.75) is 36.3 Å². The molecule has 2 fully saturated rings. The second kappa shape index (κ2) is 9.79. The van der Waals surface area contributed by atoms with Gasteiger partial charge in [0.15, 0.2) is 11.0 Å². The molecule has 0 amide bonds. The molecular formula is C24H27F3N6OS. The number of benzene rings is 1. The highest BCUT2D eigenvalue weighted by molar-refractivity contribution is 7.99. The van der Waals surface area contributed by atoms with Gasteiger partial charge in [0.05, 0.1) is 11.6 Å². The Kier molecular flexibility index (Phi) is 6.73. The quantitative estimate of drug-likeness (QED) is 0.377. The zero-order valence-electron chi connectivity index (χ0n) is 19.3. The van der Waals surface area contributed by atoms with Crippen LogP contribution in [0, 0.1) is 5.92 Å².